The van der Waals surface area contributed by atoms with Crippen molar-refractivity contribution in [3.05, 3.63) is 0 Å². The molecule has 88 valence electrons. The van der Waals surface area contributed by atoms with E-state index in [1.807, 2.05) is 4.90 Å². The minimum atomic E-state index is -0.199. The molecule has 0 saturated carbocycles. The van der Waals surface area contributed by atoms with Gasteiger partial charge in [0.05, 0.1) is 12.1 Å². The summed E-state index contributed by atoms with van der Waals surface area (Å²) in [6.45, 7) is 2.41. The Kier molecular flexibility index (Phi) is 4.83. The molecule has 0 aliphatic carbocycles. The molecule has 2 aliphatic heterocycles. The van der Waals surface area contributed by atoms with Crippen LogP contribution in [-0.2, 0) is 4.79 Å². The SMILES string of the molecule is Cl.O=C(C1CCCN1)N1CCC(O)CC1. The molecule has 1 unspecified atom stereocenters. The summed E-state index contributed by atoms with van der Waals surface area (Å²) in [6.07, 6.45) is 3.34. The molecule has 0 aromatic rings. The Morgan fingerprint density at radius 2 is 1.93 bits per heavy atom. The lowest BCUT2D eigenvalue weighted by Gasteiger charge is -2.31. The van der Waals surface area contributed by atoms with Crippen LogP contribution < -0.4 is 5.32 Å². The number of likely N-dealkylation sites (tertiary alicyclic amines) is 1. The number of aliphatic hydroxyl groups excluding tert-OH is 1. The number of carbonyl (C=O) groups is 1. The van der Waals surface area contributed by atoms with Gasteiger partial charge >= 0.3 is 0 Å². The second kappa shape index (κ2) is 5.68. The zero-order chi connectivity index (χ0) is 9.97. The van der Waals surface area contributed by atoms with Crippen LogP contribution in [0.3, 0.4) is 0 Å². The summed E-state index contributed by atoms with van der Waals surface area (Å²) in [5, 5.41) is 12.5. The summed E-state index contributed by atoms with van der Waals surface area (Å²) in [7, 11) is 0. The van der Waals surface area contributed by atoms with E-state index in [4.69, 9.17) is 0 Å². The van der Waals surface area contributed by atoms with Crippen molar-refractivity contribution in [1.82, 2.24) is 10.2 Å². The molecule has 15 heavy (non-hydrogen) atoms. The average molecular weight is 235 g/mol. The van der Waals surface area contributed by atoms with Crippen molar-refractivity contribution in [3.63, 3.8) is 0 Å². The lowest BCUT2D eigenvalue weighted by Crippen LogP contribution is -2.47. The van der Waals surface area contributed by atoms with Gasteiger partial charge in [0.2, 0.25) is 5.91 Å². The first kappa shape index (κ1) is 12.7. The topological polar surface area (TPSA) is 52.6 Å². The predicted molar refractivity (Wildman–Crippen MR) is 60.1 cm³/mol. The van der Waals surface area contributed by atoms with Crippen molar-refractivity contribution in [2.75, 3.05) is 19.6 Å². The number of hydrogen-bond donors (Lipinski definition) is 2. The standard InChI is InChI=1S/C10H18N2O2.ClH/c13-8-3-6-12(7-4-8)10(14)9-2-1-5-11-9;/h8-9,11,13H,1-7H2;1H. The lowest BCUT2D eigenvalue weighted by atomic mass is 10.1. The van der Waals surface area contributed by atoms with Crippen LogP contribution in [0.1, 0.15) is 25.7 Å². The molecule has 0 aromatic heterocycles. The zero-order valence-corrected chi connectivity index (χ0v) is 9.63. The second-order valence-corrected chi connectivity index (χ2v) is 4.21. The van der Waals surface area contributed by atoms with Gasteiger partial charge < -0.3 is 15.3 Å². The van der Waals surface area contributed by atoms with Crippen molar-refractivity contribution in [2.24, 2.45) is 0 Å². The van der Waals surface area contributed by atoms with Gasteiger partial charge in [-0.25, -0.2) is 0 Å². The Morgan fingerprint density at radius 3 is 2.47 bits per heavy atom. The van der Waals surface area contributed by atoms with Crippen molar-refractivity contribution >= 4 is 18.3 Å². The number of piperidine rings is 1. The van der Waals surface area contributed by atoms with E-state index in [1.165, 1.54) is 0 Å². The Morgan fingerprint density at radius 1 is 1.27 bits per heavy atom. The van der Waals surface area contributed by atoms with Crippen LogP contribution in [0.5, 0.6) is 0 Å². The molecule has 1 amide bonds. The van der Waals surface area contributed by atoms with Gasteiger partial charge in [0.15, 0.2) is 0 Å². The van der Waals surface area contributed by atoms with Crippen molar-refractivity contribution in [2.45, 2.75) is 37.8 Å². The maximum atomic E-state index is 11.9. The van der Waals surface area contributed by atoms with E-state index in [1.54, 1.807) is 0 Å². The van der Waals surface area contributed by atoms with Crippen LogP contribution in [0, 0.1) is 0 Å². The molecular weight excluding hydrogens is 216 g/mol. The molecule has 1 atom stereocenters. The first-order valence-corrected chi connectivity index (χ1v) is 5.47. The van der Waals surface area contributed by atoms with Crippen LogP contribution in [0.2, 0.25) is 0 Å². The molecule has 2 rings (SSSR count). The van der Waals surface area contributed by atoms with Crippen LogP contribution >= 0.6 is 12.4 Å². The summed E-state index contributed by atoms with van der Waals surface area (Å²) < 4.78 is 0. The minimum absolute atomic E-state index is 0. The smallest absolute Gasteiger partial charge is 0.239 e. The fraction of sp³-hybridized carbons (Fsp3) is 0.900. The molecule has 2 N–H and O–H groups in total. The predicted octanol–water partition coefficient (Wildman–Crippen LogP) is 0.144. The lowest BCUT2D eigenvalue weighted by molar-refractivity contribution is -0.135. The Bertz CT molecular complexity index is 211. The third-order valence-electron chi connectivity index (χ3n) is 3.13. The van der Waals surface area contributed by atoms with Gasteiger partial charge in [-0.2, -0.15) is 0 Å². The maximum absolute atomic E-state index is 11.9. The van der Waals surface area contributed by atoms with Crippen LogP contribution in [-0.4, -0.2) is 47.7 Å². The van der Waals surface area contributed by atoms with E-state index in [9.17, 15) is 9.90 Å². The van der Waals surface area contributed by atoms with Crippen LogP contribution in [0.25, 0.3) is 0 Å². The largest absolute Gasteiger partial charge is 0.393 e. The van der Waals surface area contributed by atoms with Crippen LogP contribution in [0.15, 0.2) is 0 Å². The molecule has 2 heterocycles. The molecule has 2 saturated heterocycles. The first-order chi connectivity index (χ1) is 6.77. The van der Waals surface area contributed by atoms with Crippen molar-refractivity contribution in [3.8, 4) is 0 Å². The Labute approximate surface area is 96.4 Å². The molecule has 2 aliphatic rings. The molecule has 2 fully saturated rings. The van der Waals surface area contributed by atoms with Gasteiger partial charge in [0.1, 0.15) is 0 Å². The highest BCUT2D eigenvalue weighted by Crippen LogP contribution is 2.14. The fourth-order valence-corrected chi connectivity index (χ4v) is 2.20. The monoisotopic (exact) mass is 234 g/mol. The van der Waals surface area contributed by atoms with E-state index in [0.29, 0.717) is 0 Å². The van der Waals surface area contributed by atoms with E-state index in [-0.39, 0.29) is 30.5 Å². The Balaban J connectivity index is 0.00000112. The second-order valence-electron chi connectivity index (χ2n) is 4.21. The van der Waals surface area contributed by atoms with Gasteiger partial charge in [0, 0.05) is 13.1 Å². The number of carbonyl (C=O) groups excluding carboxylic acids is 1. The summed E-state index contributed by atoms with van der Waals surface area (Å²) in [5.41, 5.74) is 0. The van der Waals surface area contributed by atoms with E-state index in [2.05, 4.69) is 5.32 Å². The molecule has 0 aromatic carbocycles. The molecule has 4 nitrogen and oxygen atoms in total. The first-order valence-electron chi connectivity index (χ1n) is 5.47. The number of amides is 1. The summed E-state index contributed by atoms with van der Waals surface area (Å²) in [6, 6.07) is 0.0465. The van der Waals surface area contributed by atoms with Gasteiger partial charge in [0.25, 0.3) is 0 Å². The molecule has 0 radical (unpaired) electrons. The number of rotatable bonds is 1. The number of nitrogens with zero attached hydrogens (tertiary/aromatic N) is 1. The fourth-order valence-electron chi connectivity index (χ4n) is 2.20. The third-order valence-corrected chi connectivity index (χ3v) is 3.13. The van der Waals surface area contributed by atoms with Crippen LogP contribution in [0.4, 0.5) is 0 Å². The van der Waals surface area contributed by atoms with Gasteiger partial charge in [-0.3, -0.25) is 4.79 Å². The zero-order valence-electron chi connectivity index (χ0n) is 8.82. The van der Waals surface area contributed by atoms with E-state index >= 15 is 0 Å². The molecule has 5 heteroatoms. The number of halogens is 1. The number of hydrogen-bond acceptors (Lipinski definition) is 3. The maximum Gasteiger partial charge on any atom is 0.239 e. The normalized spacial score (nSPS) is 27.5. The van der Waals surface area contributed by atoms with E-state index in [0.717, 1.165) is 45.3 Å². The molecular formula is C10H19ClN2O2. The van der Waals surface area contributed by atoms with Crippen molar-refractivity contribution in [1.29, 1.82) is 0 Å². The summed E-state index contributed by atoms with van der Waals surface area (Å²) in [5.74, 6) is 0.231. The quantitative estimate of drug-likeness (QED) is 0.679. The summed E-state index contributed by atoms with van der Waals surface area (Å²) in [4.78, 5) is 13.8. The minimum Gasteiger partial charge on any atom is -0.393 e. The third kappa shape index (κ3) is 3.06. The highest BCUT2D eigenvalue weighted by Gasteiger charge is 2.28. The molecule has 0 bridgehead atoms. The molecule has 0 spiro atoms. The van der Waals surface area contributed by atoms with Gasteiger partial charge in [-0.15, -0.1) is 12.4 Å². The van der Waals surface area contributed by atoms with Gasteiger partial charge in [-0.05, 0) is 32.2 Å². The number of nitrogens with one attached hydrogen (secondary N) is 1. The van der Waals surface area contributed by atoms with Crippen molar-refractivity contribution < 1.29 is 9.90 Å². The average Bonchev–Trinajstić information content (AvgIpc) is 2.71. The highest BCUT2D eigenvalue weighted by molar-refractivity contribution is 5.85. The highest BCUT2D eigenvalue weighted by atomic mass is 35.5. The summed E-state index contributed by atoms with van der Waals surface area (Å²) >= 11 is 0. The van der Waals surface area contributed by atoms with E-state index < -0.39 is 0 Å². The number of aliphatic hydroxyl groups is 1. The Hall–Kier alpha value is -0.320. The van der Waals surface area contributed by atoms with Gasteiger partial charge in [-0.1, -0.05) is 0 Å².